The third-order valence-electron chi connectivity index (χ3n) is 3.15. The molecule has 2 heterocycles. The first-order valence-electron chi connectivity index (χ1n) is 6.44. The number of aromatic nitrogens is 4. The maximum Gasteiger partial charge on any atom is 0.451 e. The van der Waals surface area contributed by atoms with Crippen molar-refractivity contribution in [1.29, 1.82) is 0 Å². The molecule has 0 radical (unpaired) electrons. The van der Waals surface area contributed by atoms with Crippen LogP contribution in [0.5, 0.6) is 0 Å². The fraction of sp³-hybridized carbons (Fsp3) is 0.154. The van der Waals surface area contributed by atoms with Crippen LogP contribution in [0.15, 0.2) is 30.6 Å². The quantitative estimate of drug-likeness (QED) is 0.407. The Labute approximate surface area is 136 Å². The molecule has 124 valence electrons. The molecule has 0 aliphatic carbocycles. The second-order valence-electron chi connectivity index (χ2n) is 4.81. The van der Waals surface area contributed by atoms with Crippen LogP contribution in [0.3, 0.4) is 0 Å². The van der Waals surface area contributed by atoms with Crippen molar-refractivity contribution in [1.82, 2.24) is 19.5 Å². The van der Waals surface area contributed by atoms with Gasteiger partial charge in [0.1, 0.15) is 5.52 Å². The van der Waals surface area contributed by atoms with Gasteiger partial charge in [0, 0.05) is 12.1 Å². The van der Waals surface area contributed by atoms with E-state index in [9.17, 15) is 23.3 Å². The van der Waals surface area contributed by atoms with Crippen LogP contribution < -0.4 is 0 Å². The lowest BCUT2D eigenvalue weighted by Gasteiger charge is -2.07. The zero-order chi connectivity index (χ0) is 17.5. The number of hydrogen-bond donors (Lipinski definition) is 0. The predicted molar refractivity (Wildman–Crippen MR) is 77.5 cm³/mol. The number of nitro benzene ring substituents is 1. The number of non-ortho nitro benzene ring substituents is 1. The molecule has 11 heteroatoms. The molecule has 0 fully saturated rings. The molecule has 0 spiro atoms. The number of halogens is 4. The van der Waals surface area contributed by atoms with E-state index in [1.54, 1.807) is 6.07 Å². The summed E-state index contributed by atoms with van der Waals surface area (Å²) in [4.78, 5) is 20.8. The molecule has 0 atom stereocenters. The number of imidazole rings is 1. The summed E-state index contributed by atoms with van der Waals surface area (Å²) in [5, 5.41) is 10.4. The first-order chi connectivity index (χ1) is 11.3. The van der Waals surface area contributed by atoms with Gasteiger partial charge in [-0.25, -0.2) is 15.0 Å². The van der Waals surface area contributed by atoms with E-state index in [0.717, 1.165) is 0 Å². The number of fused-ring (bicyclic) bond motifs is 1. The van der Waals surface area contributed by atoms with Crippen LogP contribution in [0.2, 0.25) is 5.15 Å². The van der Waals surface area contributed by atoms with E-state index in [4.69, 9.17) is 11.6 Å². The Balaban J connectivity index is 2.06. The van der Waals surface area contributed by atoms with Crippen LogP contribution in [0.4, 0.5) is 18.9 Å². The Hall–Kier alpha value is -2.75. The lowest BCUT2D eigenvalue weighted by molar-refractivity contribution is -0.384. The van der Waals surface area contributed by atoms with E-state index in [2.05, 4.69) is 15.0 Å². The van der Waals surface area contributed by atoms with Gasteiger partial charge in [0.05, 0.1) is 17.8 Å². The average molecular weight is 358 g/mol. The van der Waals surface area contributed by atoms with Crippen LogP contribution >= 0.6 is 11.6 Å². The molecule has 0 saturated carbocycles. The number of nitrogens with zero attached hydrogens (tertiary/aromatic N) is 5. The van der Waals surface area contributed by atoms with Crippen LogP contribution in [-0.4, -0.2) is 24.4 Å². The van der Waals surface area contributed by atoms with E-state index in [1.165, 1.54) is 29.1 Å². The summed E-state index contributed by atoms with van der Waals surface area (Å²) in [6, 6.07) is 5.72. The summed E-state index contributed by atoms with van der Waals surface area (Å²) in [5.74, 6) is -1.37. The highest BCUT2D eigenvalue weighted by atomic mass is 35.5. The third kappa shape index (κ3) is 3.00. The first kappa shape index (κ1) is 16.1. The standard InChI is InChI=1S/C13H7ClF3N5O2/c14-10-9-11(20-12(19-10)13(15,16)17)21(6-18-9)5-7-2-1-3-8(4-7)22(23)24/h1-4,6H,5H2. The van der Waals surface area contributed by atoms with Crippen molar-refractivity contribution in [2.75, 3.05) is 0 Å². The van der Waals surface area contributed by atoms with E-state index in [-0.39, 0.29) is 23.4 Å². The number of benzene rings is 1. The van der Waals surface area contributed by atoms with E-state index in [0.29, 0.717) is 5.56 Å². The number of nitro groups is 1. The highest BCUT2D eigenvalue weighted by molar-refractivity contribution is 6.33. The van der Waals surface area contributed by atoms with Gasteiger partial charge in [0.15, 0.2) is 10.8 Å². The molecular formula is C13H7ClF3N5O2. The minimum absolute atomic E-state index is 0.0232. The zero-order valence-electron chi connectivity index (χ0n) is 11.7. The number of rotatable bonds is 3. The molecule has 0 N–H and O–H groups in total. The smallest absolute Gasteiger partial charge is 0.311 e. The normalized spacial score (nSPS) is 11.8. The Morgan fingerprint density at radius 3 is 2.71 bits per heavy atom. The van der Waals surface area contributed by atoms with Gasteiger partial charge in [-0.2, -0.15) is 13.2 Å². The monoisotopic (exact) mass is 357 g/mol. The molecule has 24 heavy (non-hydrogen) atoms. The maximum absolute atomic E-state index is 12.8. The molecule has 0 amide bonds. The largest absolute Gasteiger partial charge is 0.451 e. The Morgan fingerprint density at radius 2 is 2.04 bits per heavy atom. The van der Waals surface area contributed by atoms with Crippen molar-refractivity contribution >= 4 is 28.5 Å². The minimum atomic E-state index is -4.75. The van der Waals surface area contributed by atoms with Crippen molar-refractivity contribution in [2.24, 2.45) is 0 Å². The van der Waals surface area contributed by atoms with E-state index in [1.807, 2.05) is 0 Å². The molecule has 0 aliphatic heterocycles. The summed E-state index contributed by atoms with van der Waals surface area (Å²) in [6.45, 7) is 0.0445. The Morgan fingerprint density at radius 1 is 1.29 bits per heavy atom. The van der Waals surface area contributed by atoms with Crippen molar-refractivity contribution in [2.45, 2.75) is 12.7 Å². The molecular weight excluding hydrogens is 351 g/mol. The van der Waals surface area contributed by atoms with Gasteiger partial charge in [-0.15, -0.1) is 0 Å². The summed E-state index contributed by atoms with van der Waals surface area (Å²) in [5.41, 5.74) is 0.302. The van der Waals surface area contributed by atoms with Gasteiger partial charge in [-0.3, -0.25) is 10.1 Å². The molecule has 0 bridgehead atoms. The fourth-order valence-corrected chi connectivity index (χ4v) is 2.33. The Kier molecular flexibility index (Phi) is 3.84. The van der Waals surface area contributed by atoms with Crippen molar-refractivity contribution in [3.8, 4) is 0 Å². The summed E-state index contributed by atoms with van der Waals surface area (Å²) in [6.07, 6.45) is -3.50. The molecule has 3 rings (SSSR count). The molecule has 0 saturated heterocycles. The van der Waals surface area contributed by atoms with Crippen LogP contribution in [0.1, 0.15) is 11.4 Å². The number of hydrogen-bond acceptors (Lipinski definition) is 5. The van der Waals surface area contributed by atoms with Crippen LogP contribution in [0, 0.1) is 10.1 Å². The van der Waals surface area contributed by atoms with Crippen LogP contribution in [0.25, 0.3) is 11.2 Å². The Bertz CT molecular complexity index is 941. The van der Waals surface area contributed by atoms with Gasteiger partial charge in [0.2, 0.25) is 5.82 Å². The van der Waals surface area contributed by atoms with Crippen LogP contribution in [-0.2, 0) is 12.7 Å². The average Bonchev–Trinajstić information content (AvgIpc) is 2.90. The first-order valence-corrected chi connectivity index (χ1v) is 6.82. The molecule has 2 aromatic heterocycles. The summed E-state index contributed by atoms with van der Waals surface area (Å²) >= 11 is 5.74. The molecule has 3 aromatic rings. The van der Waals surface area contributed by atoms with Gasteiger partial charge in [-0.1, -0.05) is 23.7 Å². The van der Waals surface area contributed by atoms with Gasteiger partial charge < -0.3 is 4.57 Å². The lowest BCUT2D eigenvalue weighted by atomic mass is 10.2. The van der Waals surface area contributed by atoms with E-state index < -0.39 is 22.1 Å². The number of alkyl halides is 3. The lowest BCUT2D eigenvalue weighted by Crippen LogP contribution is -2.12. The molecule has 7 nitrogen and oxygen atoms in total. The fourth-order valence-electron chi connectivity index (χ4n) is 2.12. The van der Waals surface area contributed by atoms with Crippen molar-refractivity contribution in [3.63, 3.8) is 0 Å². The second-order valence-corrected chi connectivity index (χ2v) is 5.17. The van der Waals surface area contributed by atoms with Gasteiger partial charge in [0.25, 0.3) is 5.69 Å². The van der Waals surface area contributed by atoms with Gasteiger partial charge >= 0.3 is 6.18 Å². The van der Waals surface area contributed by atoms with Crippen molar-refractivity contribution in [3.05, 3.63) is 57.2 Å². The summed E-state index contributed by atoms with van der Waals surface area (Å²) in [7, 11) is 0. The topological polar surface area (TPSA) is 86.7 Å². The van der Waals surface area contributed by atoms with Gasteiger partial charge in [-0.05, 0) is 5.56 Å². The highest BCUT2D eigenvalue weighted by Crippen LogP contribution is 2.30. The maximum atomic E-state index is 12.8. The molecule has 0 unspecified atom stereocenters. The summed E-state index contributed by atoms with van der Waals surface area (Å²) < 4.78 is 39.8. The molecule has 0 aliphatic rings. The van der Waals surface area contributed by atoms with Crippen molar-refractivity contribution < 1.29 is 18.1 Å². The minimum Gasteiger partial charge on any atom is -0.311 e. The zero-order valence-corrected chi connectivity index (χ0v) is 12.4. The highest BCUT2D eigenvalue weighted by Gasteiger charge is 2.36. The van der Waals surface area contributed by atoms with E-state index >= 15 is 0 Å². The predicted octanol–water partition coefficient (Wildman–Crippen LogP) is 3.46. The second kappa shape index (κ2) is 5.71. The third-order valence-corrected chi connectivity index (χ3v) is 3.41. The molecule has 1 aromatic carbocycles. The SMILES string of the molecule is O=[N+]([O-])c1cccc(Cn2cnc3c(Cl)nc(C(F)(F)F)nc32)c1.